The van der Waals surface area contributed by atoms with Crippen LogP contribution in [0.15, 0.2) is 32.9 Å². The molecule has 1 aromatic carbocycles. The molecule has 1 aliphatic rings. The molecule has 0 spiro atoms. The van der Waals surface area contributed by atoms with Gasteiger partial charge in [-0.2, -0.15) is 4.31 Å². The van der Waals surface area contributed by atoms with E-state index in [0.717, 1.165) is 12.1 Å². The van der Waals surface area contributed by atoms with Crippen LogP contribution in [0.3, 0.4) is 0 Å². The van der Waals surface area contributed by atoms with Gasteiger partial charge in [0.1, 0.15) is 5.51 Å². The number of nitrogens with zero attached hydrogens (tertiary/aromatic N) is 4. The van der Waals surface area contributed by atoms with Crippen molar-refractivity contribution >= 4 is 39.0 Å². The van der Waals surface area contributed by atoms with E-state index in [1.54, 1.807) is 17.3 Å². The molecular weight excluding hydrogens is 418 g/mol. The van der Waals surface area contributed by atoms with Crippen molar-refractivity contribution in [1.82, 2.24) is 19.4 Å². The molecule has 7 nitrogen and oxygen atoms in total. The number of thioether (sulfide) groups is 1. The number of rotatable bonds is 5. The van der Waals surface area contributed by atoms with Gasteiger partial charge in [-0.25, -0.2) is 17.2 Å². The maximum Gasteiger partial charge on any atom is 0.243 e. The number of halogens is 2. The molecular formula is C15H16F2N4O3S3. The van der Waals surface area contributed by atoms with E-state index in [-0.39, 0.29) is 42.2 Å². The number of carbonyl (C=O) groups is 1. The van der Waals surface area contributed by atoms with Gasteiger partial charge in [0.05, 0.1) is 10.1 Å². The summed E-state index contributed by atoms with van der Waals surface area (Å²) in [6, 6.07) is 2.49. The first-order chi connectivity index (χ1) is 12.8. The monoisotopic (exact) mass is 434 g/mol. The lowest BCUT2D eigenvalue weighted by atomic mass is 10.3. The van der Waals surface area contributed by atoms with E-state index in [4.69, 9.17) is 0 Å². The molecule has 3 rings (SSSR count). The Morgan fingerprint density at radius 1 is 1.22 bits per heavy atom. The van der Waals surface area contributed by atoms with Crippen molar-refractivity contribution in [3.8, 4) is 0 Å². The second-order valence-corrected chi connectivity index (χ2v) is 10.1. The summed E-state index contributed by atoms with van der Waals surface area (Å²) in [7, 11) is -3.94. The lowest BCUT2D eigenvalue weighted by Gasteiger charge is -2.35. The van der Waals surface area contributed by atoms with E-state index < -0.39 is 21.7 Å². The molecule has 1 atom stereocenters. The van der Waals surface area contributed by atoms with Crippen molar-refractivity contribution in [2.75, 3.05) is 26.2 Å². The van der Waals surface area contributed by atoms with Gasteiger partial charge in [-0.05, 0) is 25.1 Å². The number of carbonyl (C=O) groups excluding carboxylic acids is 1. The summed E-state index contributed by atoms with van der Waals surface area (Å²) in [5.74, 6) is -2.43. The molecule has 1 saturated heterocycles. The van der Waals surface area contributed by atoms with Crippen LogP contribution in [-0.4, -0.2) is 65.2 Å². The van der Waals surface area contributed by atoms with Crippen molar-refractivity contribution < 1.29 is 22.0 Å². The first kappa shape index (κ1) is 20.1. The average Bonchev–Trinajstić information content (AvgIpc) is 3.16. The van der Waals surface area contributed by atoms with Crippen molar-refractivity contribution in [3.05, 3.63) is 35.3 Å². The second kappa shape index (κ2) is 8.17. The molecule has 2 aromatic rings. The molecule has 0 radical (unpaired) electrons. The summed E-state index contributed by atoms with van der Waals surface area (Å²) in [6.45, 7) is 2.39. The zero-order valence-electron chi connectivity index (χ0n) is 14.2. The van der Waals surface area contributed by atoms with Gasteiger partial charge in [-0.15, -0.1) is 10.2 Å². The van der Waals surface area contributed by atoms with Crippen LogP contribution in [0.5, 0.6) is 0 Å². The number of hydrogen-bond acceptors (Lipinski definition) is 7. The SMILES string of the molecule is C[C@H](Sc1nncs1)C(=O)N1CCN(S(=O)(=O)c2ccc(F)c(F)c2)CC1. The molecule has 0 saturated carbocycles. The number of sulfonamides is 1. The minimum absolute atomic E-state index is 0.0866. The number of aromatic nitrogens is 2. The third-order valence-electron chi connectivity index (χ3n) is 4.04. The Labute approximate surface area is 163 Å². The van der Waals surface area contributed by atoms with Gasteiger partial charge >= 0.3 is 0 Å². The second-order valence-electron chi connectivity index (χ2n) is 5.77. The summed E-state index contributed by atoms with van der Waals surface area (Å²) in [6.07, 6.45) is 0. The molecule has 0 aliphatic carbocycles. The van der Waals surface area contributed by atoms with E-state index in [9.17, 15) is 22.0 Å². The average molecular weight is 435 g/mol. The van der Waals surface area contributed by atoms with E-state index in [1.165, 1.54) is 27.4 Å². The summed E-state index contributed by atoms with van der Waals surface area (Å²) in [4.78, 5) is 13.8. The Balaban J connectivity index is 1.62. The predicted octanol–water partition coefficient (Wildman–Crippen LogP) is 1.83. The van der Waals surface area contributed by atoms with Gasteiger partial charge in [-0.1, -0.05) is 23.1 Å². The van der Waals surface area contributed by atoms with Crippen molar-refractivity contribution in [2.45, 2.75) is 21.4 Å². The highest BCUT2D eigenvalue weighted by atomic mass is 32.2. The molecule has 27 heavy (non-hydrogen) atoms. The molecule has 146 valence electrons. The lowest BCUT2D eigenvalue weighted by molar-refractivity contribution is -0.131. The number of hydrogen-bond donors (Lipinski definition) is 0. The minimum atomic E-state index is -3.94. The topological polar surface area (TPSA) is 83.5 Å². The van der Waals surface area contributed by atoms with Crippen LogP contribution >= 0.6 is 23.1 Å². The number of piperazine rings is 1. The molecule has 1 aromatic heterocycles. The van der Waals surface area contributed by atoms with Crippen LogP contribution in [-0.2, 0) is 14.8 Å². The van der Waals surface area contributed by atoms with Crippen LogP contribution < -0.4 is 0 Å². The number of benzene rings is 1. The van der Waals surface area contributed by atoms with Gasteiger partial charge in [0.15, 0.2) is 16.0 Å². The molecule has 0 bridgehead atoms. The van der Waals surface area contributed by atoms with E-state index in [0.29, 0.717) is 10.4 Å². The van der Waals surface area contributed by atoms with Gasteiger partial charge in [0.25, 0.3) is 0 Å². The fourth-order valence-electron chi connectivity index (χ4n) is 2.61. The molecule has 0 unspecified atom stereocenters. The summed E-state index contributed by atoms with van der Waals surface area (Å²) >= 11 is 2.65. The van der Waals surface area contributed by atoms with Crippen molar-refractivity contribution in [3.63, 3.8) is 0 Å². The maximum absolute atomic E-state index is 13.4. The molecule has 1 aliphatic heterocycles. The van der Waals surface area contributed by atoms with Crippen molar-refractivity contribution in [1.29, 1.82) is 0 Å². The summed E-state index contributed by atoms with van der Waals surface area (Å²) in [5, 5.41) is 7.25. The largest absolute Gasteiger partial charge is 0.339 e. The Kier molecular flexibility index (Phi) is 6.08. The highest BCUT2D eigenvalue weighted by Gasteiger charge is 2.32. The Morgan fingerprint density at radius 3 is 2.52 bits per heavy atom. The zero-order valence-corrected chi connectivity index (χ0v) is 16.7. The van der Waals surface area contributed by atoms with E-state index in [2.05, 4.69) is 10.2 Å². The van der Waals surface area contributed by atoms with Crippen LogP contribution in [0.4, 0.5) is 8.78 Å². The quantitative estimate of drug-likeness (QED) is 0.668. The fraction of sp³-hybridized carbons (Fsp3) is 0.400. The van der Waals surface area contributed by atoms with E-state index in [1.807, 2.05) is 0 Å². The van der Waals surface area contributed by atoms with Gasteiger partial charge < -0.3 is 4.90 Å². The normalized spacial score (nSPS) is 17.1. The van der Waals surface area contributed by atoms with Gasteiger partial charge in [-0.3, -0.25) is 4.79 Å². The van der Waals surface area contributed by atoms with E-state index >= 15 is 0 Å². The molecule has 2 heterocycles. The first-order valence-corrected chi connectivity index (χ1v) is 11.2. The number of amides is 1. The van der Waals surface area contributed by atoms with Crippen LogP contribution in [0.1, 0.15) is 6.92 Å². The Morgan fingerprint density at radius 2 is 1.93 bits per heavy atom. The fourth-order valence-corrected chi connectivity index (χ4v) is 5.75. The van der Waals surface area contributed by atoms with Gasteiger partial charge in [0.2, 0.25) is 15.9 Å². The van der Waals surface area contributed by atoms with Crippen LogP contribution in [0.2, 0.25) is 0 Å². The predicted molar refractivity (Wildman–Crippen MR) is 96.9 cm³/mol. The van der Waals surface area contributed by atoms with Crippen LogP contribution in [0.25, 0.3) is 0 Å². The maximum atomic E-state index is 13.4. The Hall–Kier alpha value is -1.63. The Bertz CT molecular complexity index is 916. The highest BCUT2D eigenvalue weighted by Crippen LogP contribution is 2.26. The summed E-state index contributed by atoms with van der Waals surface area (Å²) < 4.78 is 53.4. The summed E-state index contributed by atoms with van der Waals surface area (Å²) in [5.41, 5.74) is 1.58. The zero-order chi connectivity index (χ0) is 19.6. The molecule has 0 N–H and O–H groups in total. The lowest BCUT2D eigenvalue weighted by Crippen LogP contribution is -2.52. The minimum Gasteiger partial charge on any atom is -0.339 e. The molecule has 1 amide bonds. The third kappa shape index (κ3) is 4.45. The highest BCUT2D eigenvalue weighted by molar-refractivity contribution is 8.02. The molecule has 12 heteroatoms. The molecule has 1 fully saturated rings. The standard InChI is InChI=1S/C15H16F2N4O3S3/c1-10(26-15-19-18-9-25-15)14(22)20-4-6-21(7-5-20)27(23,24)11-2-3-12(16)13(17)8-11/h2-3,8-10H,4-7H2,1H3/t10-/m0/s1. The third-order valence-corrected chi connectivity index (χ3v) is 7.84. The first-order valence-electron chi connectivity index (χ1n) is 7.96. The van der Waals surface area contributed by atoms with Crippen LogP contribution in [0, 0.1) is 11.6 Å². The smallest absolute Gasteiger partial charge is 0.243 e. The van der Waals surface area contributed by atoms with Crippen molar-refractivity contribution in [2.24, 2.45) is 0 Å². The van der Waals surface area contributed by atoms with Gasteiger partial charge in [0, 0.05) is 26.2 Å².